The predicted molar refractivity (Wildman–Crippen MR) is 110 cm³/mol. The Kier molecular flexibility index (Phi) is 5.23. The fourth-order valence-electron chi connectivity index (χ4n) is 3.49. The topological polar surface area (TPSA) is 75.1 Å². The van der Waals surface area contributed by atoms with E-state index in [1.807, 2.05) is 61.8 Å². The number of carbonyl (C=O) groups excluding carboxylic acids is 1. The molecule has 1 aliphatic rings. The van der Waals surface area contributed by atoms with Gasteiger partial charge in [0.25, 0.3) is 0 Å². The minimum atomic E-state index is -0.161. The number of urea groups is 1. The molecule has 0 bridgehead atoms. The number of hydrogen-bond acceptors (Lipinski definition) is 4. The second-order valence-corrected chi connectivity index (χ2v) is 7.00. The summed E-state index contributed by atoms with van der Waals surface area (Å²) in [6.45, 7) is 3.76. The summed E-state index contributed by atoms with van der Waals surface area (Å²) in [5.74, 6) is 0.998. The van der Waals surface area contributed by atoms with E-state index in [0.717, 1.165) is 48.7 Å². The molecule has 1 aromatic carbocycles. The second kappa shape index (κ2) is 8.12. The van der Waals surface area contributed by atoms with Gasteiger partial charge in [0.15, 0.2) is 0 Å². The number of aromatic nitrogens is 3. The molecule has 0 saturated carbocycles. The van der Waals surface area contributed by atoms with Gasteiger partial charge in [-0.1, -0.05) is 6.07 Å². The Labute approximate surface area is 164 Å². The van der Waals surface area contributed by atoms with Crippen molar-refractivity contribution in [3.63, 3.8) is 0 Å². The number of piperidine rings is 1. The molecule has 0 atom stereocenters. The molecular weight excluding hydrogens is 352 g/mol. The lowest BCUT2D eigenvalue weighted by Gasteiger charge is -2.33. The zero-order valence-corrected chi connectivity index (χ0v) is 15.9. The van der Waals surface area contributed by atoms with Crippen molar-refractivity contribution in [2.24, 2.45) is 0 Å². The van der Waals surface area contributed by atoms with Gasteiger partial charge in [-0.25, -0.2) is 14.5 Å². The van der Waals surface area contributed by atoms with Crippen LogP contribution in [0.25, 0.3) is 5.69 Å². The molecule has 2 N–H and O–H groups in total. The number of rotatable bonds is 4. The number of hydrogen-bond donors (Lipinski definition) is 2. The summed E-state index contributed by atoms with van der Waals surface area (Å²) in [6.07, 6.45) is 7.26. The maximum Gasteiger partial charge on any atom is 0.319 e. The molecule has 0 radical (unpaired) electrons. The number of amides is 2. The molecule has 4 rings (SSSR count). The Bertz CT molecular complexity index is 917. The molecule has 144 valence electrons. The van der Waals surface area contributed by atoms with Crippen molar-refractivity contribution in [3.05, 3.63) is 66.6 Å². The molecule has 3 heterocycles. The largest absolute Gasteiger partial charge is 0.356 e. The SMILES string of the molecule is Cc1cc(-n2cccn2)ccc1NC(=O)NC1CCN(c2ccccn2)CC1. The maximum absolute atomic E-state index is 12.4. The first-order valence-electron chi connectivity index (χ1n) is 9.53. The first kappa shape index (κ1) is 18.0. The zero-order valence-electron chi connectivity index (χ0n) is 15.9. The van der Waals surface area contributed by atoms with Gasteiger partial charge in [-0.3, -0.25) is 0 Å². The quantitative estimate of drug-likeness (QED) is 0.732. The number of pyridine rings is 1. The molecular formula is C21H24N6O. The van der Waals surface area contributed by atoms with Crippen LogP contribution in [0.1, 0.15) is 18.4 Å². The van der Waals surface area contributed by atoms with Crippen LogP contribution < -0.4 is 15.5 Å². The summed E-state index contributed by atoms with van der Waals surface area (Å²) < 4.78 is 1.80. The van der Waals surface area contributed by atoms with Gasteiger partial charge >= 0.3 is 6.03 Å². The van der Waals surface area contributed by atoms with Crippen molar-refractivity contribution >= 4 is 17.5 Å². The van der Waals surface area contributed by atoms with Crippen LogP contribution in [0, 0.1) is 6.92 Å². The van der Waals surface area contributed by atoms with E-state index in [9.17, 15) is 4.79 Å². The summed E-state index contributed by atoms with van der Waals surface area (Å²) in [7, 11) is 0. The molecule has 1 saturated heterocycles. The average Bonchev–Trinajstić information content (AvgIpc) is 3.26. The summed E-state index contributed by atoms with van der Waals surface area (Å²) in [5, 5.41) is 10.3. The Morgan fingerprint density at radius 1 is 1.11 bits per heavy atom. The van der Waals surface area contributed by atoms with Gasteiger partial charge < -0.3 is 15.5 Å². The van der Waals surface area contributed by atoms with E-state index in [0.29, 0.717) is 0 Å². The molecule has 1 fully saturated rings. The summed E-state index contributed by atoms with van der Waals surface area (Å²) in [4.78, 5) is 19.1. The predicted octanol–water partition coefficient (Wildman–Crippen LogP) is 3.37. The van der Waals surface area contributed by atoms with E-state index in [1.54, 1.807) is 10.9 Å². The highest BCUT2D eigenvalue weighted by molar-refractivity contribution is 5.90. The summed E-state index contributed by atoms with van der Waals surface area (Å²) in [5.41, 5.74) is 2.77. The Hall–Kier alpha value is -3.35. The fourth-order valence-corrected chi connectivity index (χ4v) is 3.49. The van der Waals surface area contributed by atoms with Gasteiger partial charge in [0, 0.05) is 43.4 Å². The number of benzene rings is 1. The molecule has 1 aliphatic heterocycles. The highest BCUT2D eigenvalue weighted by Gasteiger charge is 2.21. The van der Waals surface area contributed by atoms with E-state index in [4.69, 9.17) is 0 Å². The van der Waals surface area contributed by atoms with E-state index >= 15 is 0 Å². The van der Waals surface area contributed by atoms with Gasteiger partial charge in [0.1, 0.15) is 5.82 Å². The first-order chi connectivity index (χ1) is 13.7. The molecule has 3 aromatic rings. The van der Waals surface area contributed by atoms with Crippen LogP contribution in [0.15, 0.2) is 61.1 Å². The monoisotopic (exact) mass is 376 g/mol. The Balaban J connectivity index is 1.30. The van der Waals surface area contributed by atoms with E-state index in [2.05, 4.69) is 25.6 Å². The van der Waals surface area contributed by atoms with Crippen molar-refractivity contribution in [2.45, 2.75) is 25.8 Å². The van der Waals surface area contributed by atoms with Crippen molar-refractivity contribution < 1.29 is 4.79 Å². The van der Waals surface area contributed by atoms with Gasteiger partial charge in [0.05, 0.1) is 5.69 Å². The second-order valence-electron chi connectivity index (χ2n) is 7.00. The third-order valence-electron chi connectivity index (χ3n) is 5.03. The smallest absolute Gasteiger partial charge is 0.319 e. The number of carbonyl (C=O) groups is 1. The Morgan fingerprint density at radius 2 is 1.96 bits per heavy atom. The summed E-state index contributed by atoms with van der Waals surface area (Å²) >= 11 is 0. The molecule has 2 amide bonds. The first-order valence-corrected chi connectivity index (χ1v) is 9.53. The Morgan fingerprint density at radius 3 is 2.64 bits per heavy atom. The average molecular weight is 376 g/mol. The number of aryl methyl sites for hydroxylation is 1. The van der Waals surface area contributed by atoms with Crippen molar-refractivity contribution in [2.75, 3.05) is 23.3 Å². The minimum Gasteiger partial charge on any atom is -0.356 e. The van der Waals surface area contributed by atoms with Crippen LogP contribution in [0.3, 0.4) is 0 Å². The standard InChI is InChI=1S/C21H24N6O/c1-16-15-18(27-12-4-11-23-27)6-7-19(16)25-21(28)24-17-8-13-26(14-9-17)20-5-2-3-10-22-20/h2-7,10-12,15,17H,8-9,13-14H2,1H3,(H2,24,25,28). The van der Waals surface area contributed by atoms with E-state index in [-0.39, 0.29) is 12.1 Å². The van der Waals surface area contributed by atoms with Gasteiger partial charge in [-0.2, -0.15) is 5.10 Å². The van der Waals surface area contributed by atoms with Crippen LogP contribution >= 0.6 is 0 Å². The molecule has 28 heavy (non-hydrogen) atoms. The van der Waals surface area contributed by atoms with Gasteiger partial charge in [0.2, 0.25) is 0 Å². The van der Waals surface area contributed by atoms with Crippen molar-refractivity contribution in [1.82, 2.24) is 20.1 Å². The van der Waals surface area contributed by atoms with Gasteiger partial charge in [-0.15, -0.1) is 0 Å². The molecule has 2 aromatic heterocycles. The van der Waals surface area contributed by atoms with Crippen molar-refractivity contribution in [1.29, 1.82) is 0 Å². The van der Waals surface area contributed by atoms with Crippen LogP contribution in [0.2, 0.25) is 0 Å². The zero-order chi connectivity index (χ0) is 19.3. The third-order valence-corrected chi connectivity index (χ3v) is 5.03. The highest BCUT2D eigenvalue weighted by Crippen LogP contribution is 2.20. The third kappa shape index (κ3) is 4.14. The number of nitrogens with zero attached hydrogens (tertiary/aromatic N) is 4. The lowest BCUT2D eigenvalue weighted by molar-refractivity contribution is 0.246. The highest BCUT2D eigenvalue weighted by atomic mass is 16.2. The normalized spacial score (nSPS) is 14.7. The van der Waals surface area contributed by atoms with Crippen LogP contribution in [0.4, 0.5) is 16.3 Å². The summed E-state index contributed by atoms with van der Waals surface area (Å²) in [6, 6.07) is 13.7. The molecule has 0 aliphatic carbocycles. The molecule has 0 unspecified atom stereocenters. The van der Waals surface area contributed by atoms with Crippen molar-refractivity contribution in [3.8, 4) is 5.69 Å². The van der Waals surface area contributed by atoms with Gasteiger partial charge in [-0.05, 0) is 61.7 Å². The van der Waals surface area contributed by atoms with Crippen LogP contribution in [0.5, 0.6) is 0 Å². The molecule has 7 heteroatoms. The lowest BCUT2D eigenvalue weighted by Crippen LogP contribution is -2.46. The molecule has 0 spiro atoms. The molecule has 7 nitrogen and oxygen atoms in total. The fraction of sp³-hybridized carbons (Fsp3) is 0.286. The number of anilines is 2. The minimum absolute atomic E-state index is 0.161. The lowest BCUT2D eigenvalue weighted by atomic mass is 10.1. The van der Waals surface area contributed by atoms with Crippen LogP contribution in [-0.4, -0.2) is 39.9 Å². The van der Waals surface area contributed by atoms with Crippen LogP contribution in [-0.2, 0) is 0 Å². The van der Waals surface area contributed by atoms with E-state index in [1.165, 1.54) is 0 Å². The maximum atomic E-state index is 12.4. The van der Waals surface area contributed by atoms with E-state index < -0.39 is 0 Å². The number of nitrogens with one attached hydrogen (secondary N) is 2.